The van der Waals surface area contributed by atoms with Gasteiger partial charge < -0.3 is 14.5 Å². The van der Waals surface area contributed by atoms with Gasteiger partial charge in [-0.3, -0.25) is 4.79 Å². The van der Waals surface area contributed by atoms with Crippen molar-refractivity contribution in [3.63, 3.8) is 0 Å². The number of benzene rings is 1. The van der Waals surface area contributed by atoms with Crippen LogP contribution in [0.1, 0.15) is 0 Å². The summed E-state index contributed by atoms with van der Waals surface area (Å²) < 4.78 is 6.37. The quantitative estimate of drug-likeness (QED) is 0.878. The zero-order valence-corrected chi connectivity index (χ0v) is 13.1. The molecular formula is C13H17BrClN2O2+. The lowest BCUT2D eigenvalue weighted by atomic mass is 10.3. The number of halogens is 2. The Morgan fingerprint density at radius 2 is 2.16 bits per heavy atom. The number of ether oxygens (including phenoxy) is 1. The summed E-state index contributed by atoms with van der Waals surface area (Å²) in [6.07, 6.45) is 0. The van der Waals surface area contributed by atoms with Crippen LogP contribution in [0.4, 0.5) is 0 Å². The zero-order chi connectivity index (χ0) is 13.8. The second-order valence-corrected chi connectivity index (χ2v) is 6.02. The van der Waals surface area contributed by atoms with Crippen molar-refractivity contribution in [2.45, 2.75) is 0 Å². The predicted molar refractivity (Wildman–Crippen MR) is 77.8 cm³/mol. The van der Waals surface area contributed by atoms with Crippen molar-refractivity contribution >= 4 is 33.4 Å². The van der Waals surface area contributed by atoms with E-state index >= 15 is 0 Å². The monoisotopic (exact) mass is 347 g/mol. The number of piperazine rings is 1. The van der Waals surface area contributed by atoms with E-state index in [4.69, 9.17) is 16.3 Å². The zero-order valence-electron chi connectivity index (χ0n) is 10.8. The third kappa shape index (κ3) is 4.09. The number of nitrogens with zero attached hydrogens (tertiary/aromatic N) is 1. The highest BCUT2D eigenvalue weighted by Gasteiger charge is 2.21. The minimum absolute atomic E-state index is 0.0199. The summed E-state index contributed by atoms with van der Waals surface area (Å²) in [7, 11) is 2.14. The molecule has 19 heavy (non-hydrogen) atoms. The van der Waals surface area contributed by atoms with E-state index < -0.39 is 0 Å². The molecule has 1 aliphatic rings. The first-order chi connectivity index (χ1) is 9.06. The van der Waals surface area contributed by atoms with Crippen LogP contribution in [0.5, 0.6) is 5.75 Å². The number of likely N-dealkylation sites (N-methyl/N-ethyl adjacent to an activating group) is 1. The molecule has 1 N–H and O–H groups in total. The van der Waals surface area contributed by atoms with Gasteiger partial charge in [-0.15, -0.1) is 0 Å². The Kier molecular flexibility index (Phi) is 5.07. The minimum Gasteiger partial charge on any atom is -0.482 e. The third-order valence-corrected chi connectivity index (χ3v) is 4.00. The van der Waals surface area contributed by atoms with E-state index in [9.17, 15) is 4.79 Å². The Morgan fingerprint density at radius 1 is 1.47 bits per heavy atom. The summed E-state index contributed by atoms with van der Waals surface area (Å²) in [5.41, 5.74) is 0. The lowest BCUT2D eigenvalue weighted by Gasteiger charge is -2.30. The smallest absolute Gasteiger partial charge is 0.260 e. The van der Waals surface area contributed by atoms with Gasteiger partial charge in [0.25, 0.3) is 5.91 Å². The summed E-state index contributed by atoms with van der Waals surface area (Å²) in [4.78, 5) is 15.3. The molecule has 0 spiro atoms. The number of carbonyl (C=O) groups is 1. The molecule has 1 amide bonds. The molecule has 0 radical (unpaired) electrons. The second-order valence-electron chi connectivity index (χ2n) is 4.70. The van der Waals surface area contributed by atoms with E-state index in [-0.39, 0.29) is 12.5 Å². The lowest BCUT2D eigenvalue weighted by Crippen LogP contribution is -3.12. The molecule has 1 aromatic rings. The first kappa shape index (κ1) is 14.6. The van der Waals surface area contributed by atoms with Crippen LogP contribution in [0.3, 0.4) is 0 Å². The van der Waals surface area contributed by atoms with Crippen LogP contribution < -0.4 is 9.64 Å². The molecule has 0 bridgehead atoms. The second kappa shape index (κ2) is 6.59. The Morgan fingerprint density at radius 3 is 2.79 bits per heavy atom. The van der Waals surface area contributed by atoms with Crippen molar-refractivity contribution in [2.24, 2.45) is 0 Å². The maximum Gasteiger partial charge on any atom is 0.260 e. The first-order valence-corrected chi connectivity index (χ1v) is 7.40. The van der Waals surface area contributed by atoms with Gasteiger partial charge in [0.2, 0.25) is 0 Å². The molecule has 0 aromatic heterocycles. The van der Waals surface area contributed by atoms with Gasteiger partial charge in [0.05, 0.1) is 38.2 Å². The van der Waals surface area contributed by atoms with Gasteiger partial charge in [0.1, 0.15) is 5.75 Å². The Labute approximate surface area is 126 Å². The van der Waals surface area contributed by atoms with Crippen LogP contribution in [-0.2, 0) is 4.79 Å². The molecule has 1 aromatic carbocycles. The molecule has 1 saturated heterocycles. The van der Waals surface area contributed by atoms with Crippen molar-refractivity contribution in [1.29, 1.82) is 0 Å². The van der Waals surface area contributed by atoms with Crippen LogP contribution in [0.25, 0.3) is 0 Å². The van der Waals surface area contributed by atoms with Gasteiger partial charge in [0.15, 0.2) is 6.61 Å². The normalized spacial score (nSPS) is 16.5. The summed E-state index contributed by atoms with van der Waals surface area (Å²) in [6, 6.07) is 5.35. The summed E-state index contributed by atoms with van der Waals surface area (Å²) in [5, 5.41) is 0.505. The van der Waals surface area contributed by atoms with Crippen LogP contribution >= 0.6 is 27.5 Å². The molecular weight excluding hydrogens is 332 g/mol. The highest BCUT2D eigenvalue weighted by molar-refractivity contribution is 9.10. The number of quaternary nitrogens is 1. The number of hydrogen-bond donors (Lipinski definition) is 1. The Balaban J connectivity index is 1.86. The Hall–Kier alpha value is -0.780. The van der Waals surface area contributed by atoms with Crippen molar-refractivity contribution in [3.05, 3.63) is 27.7 Å². The lowest BCUT2D eigenvalue weighted by molar-refractivity contribution is -0.883. The van der Waals surface area contributed by atoms with Gasteiger partial charge in [0, 0.05) is 4.47 Å². The maximum absolute atomic E-state index is 12.0. The van der Waals surface area contributed by atoms with Crippen molar-refractivity contribution in [1.82, 2.24) is 4.90 Å². The van der Waals surface area contributed by atoms with E-state index in [2.05, 4.69) is 23.0 Å². The highest BCUT2D eigenvalue weighted by atomic mass is 79.9. The molecule has 0 aliphatic carbocycles. The third-order valence-electron chi connectivity index (χ3n) is 3.21. The van der Waals surface area contributed by atoms with Gasteiger partial charge in [-0.25, -0.2) is 0 Å². The molecule has 2 rings (SSSR count). The van der Waals surface area contributed by atoms with E-state index in [1.807, 2.05) is 11.0 Å². The molecule has 4 nitrogen and oxygen atoms in total. The SMILES string of the molecule is C[NH+]1CCN(C(=O)COc2ccc(Br)cc2Cl)CC1. The van der Waals surface area contributed by atoms with Crippen LogP contribution in [0, 0.1) is 0 Å². The van der Waals surface area contributed by atoms with Crippen LogP contribution in [0.2, 0.25) is 5.02 Å². The summed E-state index contributed by atoms with van der Waals surface area (Å²) in [6.45, 7) is 3.61. The van der Waals surface area contributed by atoms with E-state index in [1.165, 1.54) is 4.90 Å². The number of rotatable bonds is 3. The van der Waals surface area contributed by atoms with E-state index in [0.717, 1.165) is 30.7 Å². The van der Waals surface area contributed by atoms with Crippen LogP contribution in [-0.4, -0.2) is 50.6 Å². The fraction of sp³-hybridized carbons (Fsp3) is 0.462. The summed E-state index contributed by atoms with van der Waals surface area (Å²) in [5.74, 6) is 0.560. The van der Waals surface area contributed by atoms with Gasteiger partial charge >= 0.3 is 0 Å². The maximum atomic E-state index is 12.0. The van der Waals surface area contributed by atoms with E-state index in [1.54, 1.807) is 12.1 Å². The van der Waals surface area contributed by atoms with Gasteiger partial charge in [-0.1, -0.05) is 27.5 Å². The average Bonchev–Trinajstić information content (AvgIpc) is 2.38. The molecule has 0 unspecified atom stereocenters. The number of amides is 1. The van der Waals surface area contributed by atoms with Gasteiger partial charge in [-0.05, 0) is 18.2 Å². The molecule has 1 aliphatic heterocycles. The molecule has 6 heteroatoms. The molecule has 1 heterocycles. The molecule has 0 saturated carbocycles. The number of hydrogen-bond acceptors (Lipinski definition) is 2. The average molecular weight is 349 g/mol. The summed E-state index contributed by atoms with van der Waals surface area (Å²) >= 11 is 9.36. The number of carbonyl (C=O) groups excluding carboxylic acids is 1. The fourth-order valence-electron chi connectivity index (χ4n) is 1.96. The fourth-order valence-corrected chi connectivity index (χ4v) is 2.69. The van der Waals surface area contributed by atoms with Crippen molar-refractivity contribution in [2.75, 3.05) is 39.8 Å². The highest BCUT2D eigenvalue weighted by Crippen LogP contribution is 2.27. The molecule has 104 valence electrons. The van der Waals surface area contributed by atoms with Gasteiger partial charge in [-0.2, -0.15) is 0 Å². The van der Waals surface area contributed by atoms with E-state index in [0.29, 0.717) is 10.8 Å². The Bertz CT molecular complexity index is 462. The predicted octanol–water partition coefficient (Wildman–Crippen LogP) is 0.838. The number of nitrogens with one attached hydrogen (secondary N) is 1. The molecule has 1 fully saturated rings. The standard InChI is InChI=1S/C13H16BrClN2O2/c1-16-4-6-17(7-5-16)13(18)9-19-12-3-2-10(14)8-11(12)15/h2-3,8H,4-7,9H2,1H3/p+1. The minimum atomic E-state index is 0.0199. The van der Waals surface area contributed by atoms with Crippen molar-refractivity contribution in [3.8, 4) is 5.75 Å². The van der Waals surface area contributed by atoms with Crippen molar-refractivity contribution < 1.29 is 14.4 Å². The first-order valence-electron chi connectivity index (χ1n) is 6.23. The largest absolute Gasteiger partial charge is 0.482 e. The molecule has 0 atom stereocenters. The van der Waals surface area contributed by atoms with Crippen LogP contribution in [0.15, 0.2) is 22.7 Å². The topological polar surface area (TPSA) is 34.0 Å².